The summed E-state index contributed by atoms with van der Waals surface area (Å²) in [4.78, 5) is 12.2. The molecule has 0 fully saturated rings. The monoisotopic (exact) mass is 391 g/mol. The first kappa shape index (κ1) is 20.3. The van der Waals surface area contributed by atoms with Gasteiger partial charge in [0.1, 0.15) is 30.5 Å². The average Bonchev–Trinajstić information content (AvgIpc) is 2.73. The summed E-state index contributed by atoms with van der Waals surface area (Å²) in [5.74, 6) is 1.92. The quantitative estimate of drug-likeness (QED) is 0.534. The summed E-state index contributed by atoms with van der Waals surface area (Å²) in [5.41, 5.74) is 2.97. The van der Waals surface area contributed by atoms with Gasteiger partial charge in [0.25, 0.3) is 5.91 Å². The molecule has 3 aromatic carbocycles. The van der Waals surface area contributed by atoms with Gasteiger partial charge in [0.15, 0.2) is 6.61 Å². The molecule has 0 saturated heterocycles. The normalized spacial score (nSPS) is 10.3. The van der Waals surface area contributed by atoms with Gasteiger partial charge >= 0.3 is 0 Å². The molecule has 3 rings (SSSR count). The first-order valence-corrected chi connectivity index (χ1v) is 9.51. The summed E-state index contributed by atoms with van der Waals surface area (Å²) in [7, 11) is 0. The molecule has 3 aromatic rings. The number of nitrogens with one attached hydrogen (secondary N) is 1. The lowest BCUT2D eigenvalue weighted by Gasteiger charge is -2.11. The topological polar surface area (TPSA) is 56.8 Å². The van der Waals surface area contributed by atoms with Crippen LogP contribution in [0.4, 0.5) is 5.69 Å². The van der Waals surface area contributed by atoms with Crippen molar-refractivity contribution in [1.29, 1.82) is 0 Å². The maximum absolute atomic E-state index is 12.2. The highest BCUT2D eigenvalue weighted by Gasteiger charge is 2.06. The lowest BCUT2D eigenvalue weighted by atomic mass is 10.1. The molecule has 0 aliphatic carbocycles. The van der Waals surface area contributed by atoms with E-state index in [0.717, 1.165) is 11.3 Å². The van der Waals surface area contributed by atoms with Gasteiger partial charge < -0.3 is 19.5 Å². The zero-order chi connectivity index (χ0) is 20.5. The minimum atomic E-state index is -0.229. The molecule has 0 atom stereocenters. The summed E-state index contributed by atoms with van der Waals surface area (Å²) < 4.78 is 16.9. The van der Waals surface area contributed by atoms with Crippen LogP contribution in [0, 0.1) is 13.8 Å². The average molecular weight is 391 g/mol. The highest BCUT2D eigenvalue weighted by Crippen LogP contribution is 2.19. The fourth-order valence-corrected chi connectivity index (χ4v) is 2.65. The number of ether oxygens (including phenoxy) is 3. The zero-order valence-corrected chi connectivity index (χ0v) is 16.7. The Labute approximate surface area is 171 Å². The van der Waals surface area contributed by atoms with Crippen molar-refractivity contribution in [2.45, 2.75) is 13.8 Å². The van der Waals surface area contributed by atoms with Gasteiger partial charge in [0.2, 0.25) is 0 Å². The van der Waals surface area contributed by atoms with E-state index >= 15 is 0 Å². The Balaban J connectivity index is 1.43. The maximum atomic E-state index is 12.2. The lowest BCUT2D eigenvalue weighted by Crippen LogP contribution is -2.20. The first-order chi connectivity index (χ1) is 14.1. The van der Waals surface area contributed by atoms with Gasteiger partial charge in [0.05, 0.1) is 0 Å². The third-order valence-corrected chi connectivity index (χ3v) is 4.33. The molecule has 0 radical (unpaired) electrons. The van der Waals surface area contributed by atoms with Crippen LogP contribution in [-0.2, 0) is 4.79 Å². The summed E-state index contributed by atoms with van der Waals surface area (Å²) in [5, 5.41) is 2.82. The predicted molar refractivity (Wildman–Crippen MR) is 114 cm³/mol. The lowest BCUT2D eigenvalue weighted by molar-refractivity contribution is -0.118. The first-order valence-electron chi connectivity index (χ1n) is 9.51. The number of para-hydroxylation sites is 1. The summed E-state index contributed by atoms with van der Waals surface area (Å²) >= 11 is 0. The predicted octanol–water partition coefficient (Wildman–Crippen LogP) is 4.78. The molecular weight excluding hydrogens is 366 g/mol. The van der Waals surface area contributed by atoms with E-state index in [2.05, 4.69) is 5.32 Å². The third-order valence-electron chi connectivity index (χ3n) is 4.33. The van der Waals surface area contributed by atoms with Crippen molar-refractivity contribution in [1.82, 2.24) is 0 Å². The molecule has 0 aliphatic rings. The van der Waals surface area contributed by atoms with Gasteiger partial charge in [-0.1, -0.05) is 30.3 Å². The van der Waals surface area contributed by atoms with Gasteiger partial charge in [-0.15, -0.1) is 0 Å². The molecule has 1 amide bonds. The Morgan fingerprint density at radius 2 is 1.41 bits per heavy atom. The number of anilines is 1. The van der Waals surface area contributed by atoms with Crippen LogP contribution in [0.5, 0.6) is 17.2 Å². The molecular formula is C24H25NO4. The largest absolute Gasteiger partial charge is 0.490 e. The van der Waals surface area contributed by atoms with Gasteiger partial charge in [-0.2, -0.15) is 0 Å². The fraction of sp³-hybridized carbons (Fsp3) is 0.208. The van der Waals surface area contributed by atoms with E-state index in [0.29, 0.717) is 30.4 Å². The standard InChI is InChI=1S/C24H25NO4/c1-18-11-12-23(15-19(18)2)29-17-24(26)25-20-7-6-10-22(16-20)28-14-13-27-21-8-4-3-5-9-21/h3-12,15-16H,13-14,17H2,1-2H3,(H,25,26). The number of amides is 1. The van der Waals surface area contributed by atoms with Gasteiger partial charge in [-0.25, -0.2) is 0 Å². The number of benzene rings is 3. The molecule has 0 spiro atoms. The molecule has 0 bridgehead atoms. The van der Waals surface area contributed by atoms with Crippen LogP contribution in [0.15, 0.2) is 72.8 Å². The van der Waals surface area contributed by atoms with Crippen molar-refractivity contribution in [3.63, 3.8) is 0 Å². The number of aryl methyl sites for hydroxylation is 2. The van der Waals surface area contributed by atoms with Crippen molar-refractivity contribution in [3.05, 3.63) is 83.9 Å². The van der Waals surface area contributed by atoms with Crippen molar-refractivity contribution >= 4 is 11.6 Å². The van der Waals surface area contributed by atoms with E-state index < -0.39 is 0 Å². The SMILES string of the molecule is Cc1ccc(OCC(=O)Nc2cccc(OCCOc3ccccc3)c2)cc1C. The second kappa shape index (κ2) is 10.2. The van der Waals surface area contributed by atoms with Crippen LogP contribution in [0.3, 0.4) is 0 Å². The van der Waals surface area contributed by atoms with E-state index in [1.165, 1.54) is 5.56 Å². The van der Waals surface area contributed by atoms with E-state index in [1.807, 2.05) is 74.5 Å². The van der Waals surface area contributed by atoms with E-state index in [-0.39, 0.29) is 12.5 Å². The van der Waals surface area contributed by atoms with Crippen LogP contribution < -0.4 is 19.5 Å². The molecule has 0 heterocycles. The Bertz CT molecular complexity index is 941. The molecule has 1 N–H and O–H groups in total. The minimum Gasteiger partial charge on any atom is -0.490 e. The molecule has 150 valence electrons. The summed E-state index contributed by atoms with van der Waals surface area (Å²) in [6, 6.07) is 22.6. The number of hydrogen-bond donors (Lipinski definition) is 1. The zero-order valence-electron chi connectivity index (χ0n) is 16.7. The minimum absolute atomic E-state index is 0.0570. The molecule has 0 unspecified atom stereocenters. The number of carbonyl (C=O) groups is 1. The van der Waals surface area contributed by atoms with Crippen LogP contribution in [-0.4, -0.2) is 25.7 Å². The van der Waals surface area contributed by atoms with Gasteiger partial charge in [-0.3, -0.25) is 4.79 Å². The molecule has 29 heavy (non-hydrogen) atoms. The second-order valence-electron chi connectivity index (χ2n) is 6.62. The Kier molecular flexibility index (Phi) is 7.11. The van der Waals surface area contributed by atoms with Crippen molar-refractivity contribution in [3.8, 4) is 17.2 Å². The van der Waals surface area contributed by atoms with Crippen LogP contribution in [0.2, 0.25) is 0 Å². The smallest absolute Gasteiger partial charge is 0.262 e. The van der Waals surface area contributed by atoms with Crippen molar-refractivity contribution in [2.75, 3.05) is 25.1 Å². The number of rotatable bonds is 9. The molecule has 5 nitrogen and oxygen atoms in total. The number of hydrogen-bond acceptors (Lipinski definition) is 4. The molecule has 0 saturated carbocycles. The highest BCUT2D eigenvalue weighted by molar-refractivity contribution is 5.92. The number of carbonyl (C=O) groups excluding carboxylic acids is 1. The molecule has 5 heteroatoms. The second-order valence-corrected chi connectivity index (χ2v) is 6.62. The Morgan fingerprint density at radius 3 is 2.17 bits per heavy atom. The Morgan fingerprint density at radius 1 is 0.724 bits per heavy atom. The van der Waals surface area contributed by atoms with E-state index in [4.69, 9.17) is 14.2 Å². The summed E-state index contributed by atoms with van der Waals surface area (Å²) in [6.07, 6.45) is 0. The van der Waals surface area contributed by atoms with E-state index in [1.54, 1.807) is 12.1 Å². The highest BCUT2D eigenvalue weighted by atomic mass is 16.5. The van der Waals surface area contributed by atoms with Crippen molar-refractivity contribution < 1.29 is 19.0 Å². The van der Waals surface area contributed by atoms with Crippen molar-refractivity contribution in [2.24, 2.45) is 0 Å². The van der Waals surface area contributed by atoms with Crippen LogP contribution in [0.25, 0.3) is 0 Å². The Hall–Kier alpha value is -3.47. The molecule has 0 aromatic heterocycles. The summed E-state index contributed by atoms with van der Waals surface area (Å²) in [6.45, 7) is 4.83. The molecule has 0 aliphatic heterocycles. The fourth-order valence-electron chi connectivity index (χ4n) is 2.65. The van der Waals surface area contributed by atoms with E-state index in [9.17, 15) is 4.79 Å². The third kappa shape index (κ3) is 6.57. The van der Waals surface area contributed by atoms with Crippen LogP contribution in [0.1, 0.15) is 11.1 Å². The van der Waals surface area contributed by atoms with Gasteiger partial charge in [0, 0.05) is 11.8 Å². The maximum Gasteiger partial charge on any atom is 0.262 e. The van der Waals surface area contributed by atoms with Gasteiger partial charge in [-0.05, 0) is 61.4 Å². The van der Waals surface area contributed by atoms with Crippen LogP contribution >= 0.6 is 0 Å².